The van der Waals surface area contributed by atoms with E-state index in [9.17, 15) is 9.59 Å². The number of carbonyl (C=O) groups excluding carboxylic acids is 1. The van der Waals surface area contributed by atoms with Crippen LogP contribution in [-0.4, -0.2) is 27.8 Å². The lowest BCUT2D eigenvalue weighted by Gasteiger charge is -2.22. The second-order valence-corrected chi connectivity index (χ2v) is 5.05. The summed E-state index contributed by atoms with van der Waals surface area (Å²) >= 11 is 0. The van der Waals surface area contributed by atoms with Gasteiger partial charge in [0, 0.05) is 6.20 Å². The maximum absolute atomic E-state index is 11.7. The summed E-state index contributed by atoms with van der Waals surface area (Å²) in [6.45, 7) is 5.21. The van der Waals surface area contributed by atoms with Gasteiger partial charge in [-0.1, -0.05) is 6.07 Å². The molecule has 1 heterocycles. The van der Waals surface area contributed by atoms with Crippen molar-refractivity contribution in [3.05, 3.63) is 30.1 Å². The highest BCUT2D eigenvalue weighted by Crippen LogP contribution is 2.15. The number of carbonyl (C=O) groups is 2. The van der Waals surface area contributed by atoms with Gasteiger partial charge in [-0.25, -0.2) is 4.79 Å². The van der Waals surface area contributed by atoms with E-state index in [0.29, 0.717) is 5.69 Å². The SMILES string of the molecule is CC(C)(C)OC(=O)N[C@H](CC(=O)O)c1ccccn1. The summed E-state index contributed by atoms with van der Waals surface area (Å²) in [6.07, 6.45) is 0.626. The van der Waals surface area contributed by atoms with Gasteiger partial charge in [-0.05, 0) is 32.9 Å². The summed E-state index contributed by atoms with van der Waals surface area (Å²) in [6, 6.07) is 4.39. The van der Waals surface area contributed by atoms with E-state index >= 15 is 0 Å². The molecule has 0 aliphatic carbocycles. The summed E-state index contributed by atoms with van der Waals surface area (Å²) in [5.41, 5.74) is -0.155. The fraction of sp³-hybridized carbons (Fsp3) is 0.462. The van der Waals surface area contributed by atoms with Gasteiger partial charge < -0.3 is 15.2 Å². The number of ether oxygens (including phenoxy) is 1. The largest absolute Gasteiger partial charge is 0.481 e. The van der Waals surface area contributed by atoms with Crippen LogP contribution in [0, 0.1) is 0 Å². The number of amides is 1. The van der Waals surface area contributed by atoms with Crippen LogP contribution in [0.5, 0.6) is 0 Å². The van der Waals surface area contributed by atoms with Crippen LogP contribution in [0.15, 0.2) is 24.4 Å². The lowest BCUT2D eigenvalue weighted by Crippen LogP contribution is -2.36. The maximum Gasteiger partial charge on any atom is 0.408 e. The topological polar surface area (TPSA) is 88.5 Å². The third-order valence-corrected chi connectivity index (χ3v) is 2.11. The molecule has 0 bridgehead atoms. The van der Waals surface area contributed by atoms with Gasteiger partial charge in [0.15, 0.2) is 0 Å². The number of carboxylic acids is 1. The number of pyridine rings is 1. The van der Waals surface area contributed by atoms with Crippen LogP contribution in [-0.2, 0) is 9.53 Å². The Balaban J connectivity index is 2.76. The lowest BCUT2D eigenvalue weighted by molar-refractivity contribution is -0.137. The minimum atomic E-state index is -1.02. The van der Waals surface area contributed by atoms with E-state index in [1.54, 1.807) is 45.2 Å². The minimum Gasteiger partial charge on any atom is -0.481 e. The third-order valence-electron chi connectivity index (χ3n) is 2.11. The van der Waals surface area contributed by atoms with Crippen LogP contribution in [0.2, 0.25) is 0 Å². The van der Waals surface area contributed by atoms with Crippen molar-refractivity contribution in [2.45, 2.75) is 38.8 Å². The van der Waals surface area contributed by atoms with Gasteiger partial charge in [0.1, 0.15) is 5.60 Å². The zero-order valence-electron chi connectivity index (χ0n) is 11.2. The quantitative estimate of drug-likeness (QED) is 0.871. The van der Waals surface area contributed by atoms with E-state index < -0.39 is 23.7 Å². The molecule has 1 amide bonds. The Morgan fingerprint density at radius 1 is 1.42 bits per heavy atom. The first-order valence-corrected chi connectivity index (χ1v) is 5.90. The smallest absolute Gasteiger partial charge is 0.408 e. The van der Waals surface area contributed by atoms with Crippen LogP contribution in [0.25, 0.3) is 0 Å². The Kier molecular flexibility index (Phi) is 4.86. The molecule has 0 aliphatic heterocycles. The molecule has 0 unspecified atom stereocenters. The molecule has 1 rings (SSSR count). The molecule has 0 spiro atoms. The molecule has 0 radical (unpaired) electrons. The highest BCUT2D eigenvalue weighted by atomic mass is 16.6. The van der Waals surface area contributed by atoms with Gasteiger partial charge in [-0.15, -0.1) is 0 Å². The second-order valence-electron chi connectivity index (χ2n) is 5.05. The number of nitrogens with one attached hydrogen (secondary N) is 1. The Morgan fingerprint density at radius 2 is 2.11 bits per heavy atom. The maximum atomic E-state index is 11.7. The Labute approximate surface area is 111 Å². The summed E-state index contributed by atoms with van der Waals surface area (Å²) in [5, 5.41) is 11.4. The van der Waals surface area contributed by atoms with Gasteiger partial charge >= 0.3 is 12.1 Å². The zero-order valence-corrected chi connectivity index (χ0v) is 11.2. The molecule has 104 valence electrons. The zero-order chi connectivity index (χ0) is 14.5. The molecule has 1 aromatic rings. The van der Waals surface area contributed by atoms with E-state index in [0.717, 1.165) is 0 Å². The van der Waals surface area contributed by atoms with E-state index in [1.165, 1.54) is 0 Å². The van der Waals surface area contributed by atoms with Gasteiger partial charge in [-0.2, -0.15) is 0 Å². The van der Waals surface area contributed by atoms with Crippen molar-refractivity contribution < 1.29 is 19.4 Å². The average Bonchev–Trinajstić information content (AvgIpc) is 2.26. The Bertz CT molecular complexity index is 440. The van der Waals surface area contributed by atoms with Crippen LogP contribution in [0.3, 0.4) is 0 Å². The molecule has 19 heavy (non-hydrogen) atoms. The van der Waals surface area contributed by atoms with Crippen molar-refractivity contribution in [2.75, 3.05) is 0 Å². The van der Waals surface area contributed by atoms with Gasteiger partial charge in [0.05, 0.1) is 18.2 Å². The number of hydrogen-bond donors (Lipinski definition) is 2. The van der Waals surface area contributed by atoms with Crippen molar-refractivity contribution in [2.24, 2.45) is 0 Å². The molecule has 1 aromatic heterocycles. The van der Waals surface area contributed by atoms with Gasteiger partial charge in [0.25, 0.3) is 0 Å². The normalized spacial score (nSPS) is 12.6. The van der Waals surface area contributed by atoms with E-state index in [4.69, 9.17) is 9.84 Å². The number of aromatic nitrogens is 1. The summed E-state index contributed by atoms with van der Waals surface area (Å²) < 4.78 is 5.10. The molecular weight excluding hydrogens is 248 g/mol. The van der Waals surface area contributed by atoms with Crippen molar-refractivity contribution >= 4 is 12.1 Å². The summed E-state index contributed by atoms with van der Waals surface area (Å²) in [7, 11) is 0. The first kappa shape index (κ1) is 14.9. The van der Waals surface area contributed by atoms with E-state index in [1.807, 2.05) is 0 Å². The van der Waals surface area contributed by atoms with Crippen LogP contribution in [0.4, 0.5) is 4.79 Å². The molecule has 2 N–H and O–H groups in total. The number of nitrogens with zero attached hydrogens (tertiary/aromatic N) is 1. The second kappa shape index (κ2) is 6.17. The third kappa shape index (κ3) is 5.85. The monoisotopic (exact) mass is 266 g/mol. The van der Waals surface area contributed by atoms with Crippen molar-refractivity contribution in [3.63, 3.8) is 0 Å². The lowest BCUT2D eigenvalue weighted by atomic mass is 10.1. The molecule has 0 saturated carbocycles. The van der Waals surface area contributed by atoms with E-state index in [-0.39, 0.29) is 6.42 Å². The van der Waals surface area contributed by atoms with Crippen LogP contribution >= 0.6 is 0 Å². The number of rotatable bonds is 4. The molecule has 0 aromatic carbocycles. The molecule has 0 saturated heterocycles. The van der Waals surface area contributed by atoms with E-state index in [2.05, 4.69) is 10.3 Å². The number of alkyl carbamates (subject to hydrolysis) is 1. The van der Waals surface area contributed by atoms with Crippen molar-refractivity contribution in [1.82, 2.24) is 10.3 Å². The first-order valence-electron chi connectivity index (χ1n) is 5.90. The fourth-order valence-corrected chi connectivity index (χ4v) is 1.44. The standard InChI is InChI=1S/C13H18N2O4/c1-13(2,3)19-12(18)15-10(8-11(16)17)9-6-4-5-7-14-9/h4-7,10H,8H2,1-3H3,(H,15,18)(H,16,17)/t10-/m1/s1. The number of aliphatic carboxylic acids is 1. The Hall–Kier alpha value is -2.11. The molecule has 1 atom stereocenters. The fourth-order valence-electron chi connectivity index (χ4n) is 1.44. The highest BCUT2D eigenvalue weighted by molar-refractivity contribution is 5.72. The van der Waals surface area contributed by atoms with Crippen molar-refractivity contribution in [3.8, 4) is 0 Å². The predicted molar refractivity (Wildman–Crippen MR) is 68.6 cm³/mol. The van der Waals surface area contributed by atoms with Crippen LogP contribution < -0.4 is 5.32 Å². The molecular formula is C13H18N2O4. The number of hydrogen-bond acceptors (Lipinski definition) is 4. The van der Waals surface area contributed by atoms with Gasteiger partial charge in [0.2, 0.25) is 0 Å². The first-order chi connectivity index (χ1) is 8.78. The highest BCUT2D eigenvalue weighted by Gasteiger charge is 2.22. The molecule has 0 aliphatic rings. The summed E-state index contributed by atoms with van der Waals surface area (Å²) in [4.78, 5) is 26.5. The molecule has 6 heteroatoms. The summed E-state index contributed by atoms with van der Waals surface area (Å²) in [5.74, 6) is -1.02. The van der Waals surface area contributed by atoms with Crippen LogP contribution in [0.1, 0.15) is 38.9 Å². The average molecular weight is 266 g/mol. The minimum absolute atomic E-state index is 0.254. The molecule has 0 fully saturated rings. The predicted octanol–water partition coefficient (Wildman–Crippen LogP) is 2.12. The Morgan fingerprint density at radius 3 is 2.58 bits per heavy atom. The van der Waals surface area contributed by atoms with Gasteiger partial charge in [-0.3, -0.25) is 9.78 Å². The number of carboxylic acid groups (broad SMARTS) is 1. The van der Waals surface area contributed by atoms with Crippen molar-refractivity contribution in [1.29, 1.82) is 0 Å². The molecule has 6 nitrogen and oxygen atoms in total.